The van der Waals surface area contributed by atoms with Gasteiger partial charge >= 0.3 is 0 Å². The Morgan fingerprint density at radius 1 is 0.944 bits per heavy atom. The predicted molar refractivity (Wildman–Crippen MR) is 151 cm³/mol. The maximum Gasteiger partial charge on any atom is 0.271 e. The molecule has 36 heavy (non-hydrogen) atoms. The van der Waals surface area contributed by atoms with Crippen molar-refractivity contribution in [2.45, 2.75) is 0 Å². The number of amides is 1. The third-order valence-corrected chi connectivity index (χ3v) is 6.93. The SMILES string of the molecule is C#CCOc1ccc2ccccc2c1/C=C1\SC(=Nc2ccc(Cl)cc2)N(c2ccc(Cl)cc2)C1=O. The average Bonchev–Trinajstić information content (AvgIpc) is 3.19. The lowest BCUT2D eigenvalue weighted by molar-refractivity contribution is -0.113. The predicted octanol–water partition coefficient (Wildman–Crippen LogP) is 7.97. The molecule has 1 fully saturated rings. The van der Waals surface area contributed by atoms with Gasteiger partial charge in [-0.1, -0.05) is 59.5 Å². The van der Waals surface area contributed by atoms with Crippen molar-refractivity contribution < 1.29 is 9.53 Å². The molecule has 0 saturated carbocycles. The van der Waals surface area contributed by atoms with Crippen LogP contribution in [0, 0.1) is 12.3 Å². The Kier molecular flexibility index (Phi) is 7.02. The number of carbonyl (C=O) groups excluding carboxylic acids is 1. The van der Waals surface area contributed by atoms with Crippen molar-refractivity contribution in [2.24, 2.45) is 4.99 Å². The smallest absolute Gasteiger partial charge is 0.271 e. The number of anilines is 1. The van der Waals surface area contributed by atoms with Crippen LogP contribution in [0.1, 0.15) is 5.56 Å². The molecule has 0 bridgehead atoms. The number of amidine groups is 1. The van der Waals surface area contributed by atoms with Gasteiger partial charge in [-0.2, -0.15) is 0 Å². The summed E-state index contributed by atoms with van der Waals surface area (Å²) in [6.07, 6.45) is 7.27. The molecular weight excluding hydrogens is 511 g/mol. The van der Waals surface area contributed by atoms with Crippen LogP contribution >= 0.6 is 35.0 Å². The van der Waals surface area contributed by atoms with Crippen molar-refractivity contribution >= 4 is 74.3 Å². The van der Waals surface area contributed by atoms with E-state index >= 15 is 0 Å². The van der Waals surface area contributed by atoms with Crippen molar-refractivity contribution in [3.63, 3.8) is 0 Å². The van der Waals surface area contributed by atoms with Crippen LogP contribution in [-0.4, -0.2) is 17.7 Å². The number of aliphatic imine (C=N–C) groups is 1. The van der Waals surface area contributed by atoms with Gasteiger partial charge in [0.2, 0.25) is 0 Å². The molecule has 0 atom stereocenters. The number of terminal acetylenes is 1. The molecule has 7 heteroatoms. The second-order valence-electron chi connectivity index (χ2n) is 7.79. The number of benzene rings is 4. The van der Waals surface area contributed by atoms with E-state index in [9.17, 15) is 4.79 Å². The lowest BCUT2D eigenvalue weighted by atomic mass is 10.0. The van der Waals surface area contributed by atoms with Gasteiger partial charge < -0.3 is 4.74 Å². The zero-order valence-corrected chi connectivity index (χ0v) is 21.1. The van der Waals surface area contributed by atoms with Crippen molar-refractivity contribution in [3.8, 4) is 18.1 Å². The molecule has 1 saturated heterocycles. The summed E-state index contributed by atoms with van der Waals surface area (Å²) < 4.78 is 5.83. The number of nitrogens with zero attached hydrogens (tertiary/aromatic N) is 2. The Balaban J connectivity index is 1.64. The fourth-order valence-electron chi connectivity index (χ4n) is 3.79. The van der Waals surface area contributed by atoms with Crippen LogP contribution in [0.15, 0.2) is 94.8 Å². The number of thioether (sulfide) groups is 1. The molecule has 0 spiro atoms. The first-order valence-electron chi connectivity index (χ1n) is 11.0. The van der Waals surface area contributed by atoms with E-state index in [1.807, 2.05) is 42.5 Å². The number of hydrogen-bond acceptors (Lipinski definition) is 4. The summed E-state index contributed by atoms with van der Waals surface area (Å²) in [5.41, 5.74) is 2.12. The van der Waals surface area contributed by atoms with Crippen LogP contribution in [0.4, 0.5) is 11.4 Å². The minimum Gasteiger partial charge on any atom is -0.480 e. The number of rotatable bonds is 5. The molecule has 5 rings (SSSR count). The van der Waals surface area contributed by atoms with E-state index < -0.39 is 0 Å². The fraction of sp³-hybridized carbons (Fsp3) is 0.0345. The van der Waals surface area contributed by atoms with Gasteiger partial charge in [-0.25, -0.2) is 4.99 Å². The van der Waals surface area contributed by atoms with Gasteiger partial charge in [0.25, 0.3) is 5.91 Å². The molecule has 1 aliphatic heterocycles. The number of ether oxygens (including phenoxy) is 1. The van der Waals surface area contributed by atoms with E-state index in [0.29, 0.717) is 37.2 Å². The first kappa shape index (κ1) is 24.0. The second kappa shape index (κ2) is 10.5. The topological polar surface area (TPSA) is 41.9 Å². The summed E-state index contributed by atoms with van der Waals surface area (Å²) in [5, 5.41) is 3.68. The Morgan fingerprint density at radius 2 is 1.64 bits per heavy atom. The monoisotopic (exact) mass is 528 g/mol. The second-order valence-corrected chi connectivity index (χ2v) is 9.67. The van der Waals surface area contributed by atoms with Gasteiger partial charge in [-0.05, 0) is 83.2 Å². The lowest BCUT2D eigenvalue weighted by Gasteiger charge is -2.15. The summed E-state index contributed by atoms with van der Waals surface area (Å²) in [5.74, 6) is 2.91. The van der Waals surface area contributed by atoms with Crippen molar-refractivity contribution in [1.82, 2.24) is 0 Å². The highest BCUT2D eigenvalue weighted by molar-refractivity contribution is 8.19. The number of fused-ring (bicyclic) bond motifs is 1. The molecule has 4 nitrogen and oxygen atoms in total. The van der Waals surface area contributed by atoms with Gasteiger partial charge in [-0.3, -0.25) is 9.69 Å². The summed E-state index contributed by atoms with van der Waals surface area (Å²) in [6.45, 7) is 0.121. The van der Waals surface area contributed by atoms with E-state index in [4.69, 9.17) is 39.4 Å². The average molecular weight is 529 g/mol. The Morgan fingerprint density at radius 3 is 2.36 bits per heavy atom. The van der Waals surface area contributed by atoms with Crippen molar-refractivity contribution in [2.75, 3.05) is 11.5 Å². The van der Waals surface area contributed by atoms with Crippen LogP contribution in [0.3, 0.4) is 0 Å². The Labute approximate surface area is 223 Å². The first-order valence-corrected chi connectivity index (χ1v) is 12.5. The molecule has 1 amide bonds. The number of carbonyl (C=O) groups is 1. The number of halogens is 2. The van der Waals surface area contributed by atoms with Crippen molar-refractivity contribution in [3.05, 3.63) is 105 Å². The minimum absolute atomic E-state index is 0.121. The lowest BCUT2D eigenvalue weighted by Crippen LogP contribution is -2.28. The molecule has 0 radical (unpaired) electrons. The maximum absolute atomic E-state index is 13.7. The van der Waals surface area contributed by atoms with E-state index in [1.165, 1.54) is 11.8 Å². The van der Waals surface area contributed by atoms with E-state index in [2.05, 4.69) is 5.92 Å². The summed E-state index contributed by atoms with van der Waals surface area (Å²) in [6, 6.07) is 26.0. The zero-order valence-electron chi connectivity index (χ0n) is 18.8. The van der Waals surface area contributed by atoms with Crippen LogP contribution in [0.25, 0.3) is 16.8 Å². The Bertz CT molecular complexity index is 1560. The molecular formula is C29H18Cl2N2O2S. The highest BCUT2D eigenvalue weighted by atomic mass is 35.5. The number of hydrogen-bond donors (Lipinski definition) is 0. The third-order valence-electron chi connectivity index (χ3n) is 5.46. The summed E-state index contributed by atoms with van der Waals surface area (Å²) in [4.78, 5) is 20.6. The molecule has 176 valence electrons. The van der Waals surface area contributed by atoms with Crippen LogP contribution < -0.4 is 9.64 Å². The molecule has 4 aromatic rings. The molecule has 0 unspecified atom stereocenters. The van der Waals surface area contributed by atoms with Crippen molar-refractivity contribution in [1.29, 1.82) is 0 Å². The van der Waals surface area contributed by atoms with E-state index in [0.717, 1.165) is 16.3 Å². The molecule has 1 aliphatic rings. The zero-order chi connectivity index (χ0) is 25.1. The van der Waals surface area contributed by atoms with E-state index in [1.54, 1.807) is 53.4 Å². The van der Waals surface area contributed by atoms with Crippen LogP contribution in [0.2, 0.25) is 10.0 Å². The van der Waals surface area contributed by atoms with Gasteiger partial charge in [0, 0.05) is 15.6 Å². The quantitative estimate of drug-likeness (QED) is 0.195. The van der Waals surface area contributed by atoms with Gasteiger partial charge in [0.1, 0.15) is 12.4 Å². The third kappa shape index (κ3) is 4.98. The minimum atomic E-state index is -0.203. The maximum atomic E-state index is 13.7. The van der Waals surface area contributed by atoms with E-state index in [-0.39, 0.29) is 12.5 Å². The highest BCUT2D eigenvalue weighted by Crippen LogP contribution is 2.40. The largest absolute Gasteiger partial charge is 0.480 e. The summed E-state index contributed by atoms with van der Waals surface area (Å²) in [7, 11) is 0. The molecule has 0 aliphatic carbocycles. The fourth-order valence-corrected chi connectivity index (χ4v) is 5.03. The molecule has 0 N–H and O–H groups in total. The van der Waals surface area contributed by atoms with Crippen LogP contribution in [-0.2, 0) is 4.79 Å². The van der Waals surface area contributed by atoms with Gasteiger partial charge in [-0.15, -0.1) is 6.42 Å². The van der Waals surface area contributed by atoms with Gasteiger partial charge in [0.15, 0.2) is 5.17 Å². The molecule has 0 aromatic heterocycles. The standard InChI is InChI=1S/C29H18Cl2N2O2S/c1-2-17-35-26-16-7-19-5-3-4-6-24(19)25(26)18-27-28(34)33(23-14-10-21(31)11-15-23)29(36-27)32-22-12-8-20(30)9-13-22/h1,3-16,18H,17H2/b27-18-,32-29?. The highest BCUT2D eigenvalue weighted by Gasteiger charge is 2.35. The van der Waals surface area contributed by atoms with Gasteiger partial charge in [0.05, 0.1) is 16.3 Å². The summed E-state index contributed by atoms with van der Waals surface area (Å²) >= 11 is 13.4. The Hall–Kier alpha value is -3.69. The molecule has 4 aromatic carbocycles. The first-order chi connectivity index (χ1) is 17.5. The molecule has 1 heterocycles. The normalized spacial score (nSPS) is 15.6. The van der Waals surface area contributed by atoms with Crippen LogP contribution in [0.5, 0.6) is 5.75 Å².